The van der Waals surface area contributed by atoms with Gasteiger partial charge in [-0.25, -0.2) is 9.67 Å². The number of aromatic nitrogens is 4. The molecule has 1 N–H and O–H groups in total. The topological polar surface area (TPSA) is 55.6 Å². The van der Waals surface area contributed by atoms with Crippen LogP contribution in [0, 0.1) is 6.92 Å². The summed E-state index contributed by atoms with van der Waals surface area (Å²) in [5.41, 5.74) is 2.30. The van der Waals surface area contributed by atoms with Crippen LogP contribution in [0.4, 0.5) is 0 Å². The van der Waals surface area contributed by atoms with Crippen LogP contribution in [0.2, 0.25) is 0 Å². The van der Waals surface area contributed by atoms with Crippen LogP contribution in [-0.4, -0.2) is 26.3 Å². The molecule has 114 valence electrons. The highest BCUT2D eigenvalue weighted by Gasteiger charge is 2.17. The van der Waals surface area contributed by atoms with E-state index < -0.39 is 0 Å². The van der Waals surface area contributed by atoms with Crippen LogP contribution in [0.3, 0.4) is 0 Å². The van der Waals surface area contributed by atoms with E-state index in [-0.39, 0.29) is 6.04 Å². The third kappa shape index (κ3) is 4.11. The van der Waals surface area contributed by atoms with Crippen LogP contribution in [0.15, 0.2) is 24.7 Å². The first kappa shape index (κ1) is 15.6. The van der Waals surface area contributed by atoms with Gasteiger partial charge in [0.05, 0.1) is 11.7 Å². The van der Waals surface area contributed by atoms with E-state index in [0.717, 1.165) is 30.9 Å². The average Bonchev–Trinajstić information content (AvgIpc) is 2.91. The van der Waals surface area contributed by atoms with Gasteiger partial charge in [0, 0.05) is 18.7 Å². The minimum atomic E-state index is 0.173. The summed E-state index contributed by atoms with van der Waals surface area (Å²) in [5, 5.41) is 7.89. The van der Waals surface area contributed by atoms with Crippen molar-refractivity contribution in [2.75, 3.05) is 6.54 Å². The molecule has 2 rings (SSSR count). The lowest BCUT2D eigenvalue weighted by Crippen LogP contribution is -2.26. The maximum Gasteiger partial charge on any atom is 0.138 e. The largest absolute Gasteiger partial charge is 0.308 e. The molecule has 0 aliphatic heterocycles. The molecule has 0 spiro atoms. The van der Waals surface area contributed by atoms with Crippen LogP contribution in [0.25, 0.3) is 0 Å². The molecule has 0 fully saturated rings. The number of nitrogens with one attached hydrogen (secondary N) is 1. The molecule has 1 unspecified atom stereocenters. The Morgan fingerprint density at radius 3 is 2.76 bits per heavy atom. The van der Waals surface area contributed by atoms with E-state index in [1.807, 2.05) is 16.9 Å². The smallest absolute Gasteiger partial charge is 0.138 e. The zero-order valence-electron chi connectivity index (χ0n) is 13.4. The number of rotatable bonds is 7. The molecular weight excluding hydrogens is 262 g/mol. The van der Waals surface area contributed by atoms with E-state index in [4.69, 9.17) is 0 Å². The van der Waals surface area contributed by atoms with E-state index in [2.05, 4.69) is 54.1 Å². The monoisotopic (exact) mass is 287 g/mol. The summed E-state index contributed by atoms with van der Waals surface area (Å²) in [6.45, 7) is 9.48. The summed E-state index contributed by atoms with van der Waals surface area (Å²) in [6, 6.07) is 4.66. The lowest BCUT2D eigenvalue weighted by Gasteiger charge is -2.19. The first-order valence-corrected chi connectivity index (χ1v) is 7.66. The van der Waals surface area contributed by atoms with Crippen LogP contribution in [0.1, 0.15) is 56.4 Å². The average molecular weight is 287 g/mol. The van der Waals surface area contributed by atoms with E-state index in [1.54, 1.807) is 6.33 Å². The lowest BCUT2D eigenvalue weighted by atomic mass is 10.1. The molecule has 1 atom stereocenters. The Kier molecular flexibility index (Phi) is 5.44. The van der Waals surface area contributed by atoms with E-state index in [0.29, 0.717) is 6.04 Å². The molecule has 0 amide bonds. The number of hydrogen-bond acceptors (Lipinski definition) is 4. The minimum Gasteiger partial charge on any atom is -0.308 e. The van der Waals surface area contributed by atoms with Crippen LogP contribution in [0.5, 0.6) is 0 Å². The van der Waals surface area contributed by atoms with Gasteiger partial charge in [0.2, 0.25) is 0 Å². The van der Waals surface area contributed by atoms with Crippen molar-refractivity contribution in [3.8, 4) is 0 Å². The van der Waals surface area contributed by atoms with Gasteiger partial charge in [0.15, 0.2) is 0 Å². The van der Waals surface area contributed by atoms with Crippen LogP contribution >= 0.6 is 0 Å². The quantitative estimate of drug-likeness (QED) is 0.851. The third-order valence-electron chi connectivity index (χ3n) is 3.46. The molecule has 0 aromatic carbocycles. The van der Waals surface area contributed by atoms with Crippen LogP contribution < -0.4 is 5.32 Å². The van der Waals surface area contributed by atoms with Gasteiger partial charge in [0.1, 0.15) is 12.2 Å². The van der Waals surface area contributed by atoms with Gasteiger partial charge in [0.25, 0.3) is 0 Å². The molecule has 0 radical (unpaired) electrons. The maximum atomic E-state index is 4.53. The highest BCUT2D eigenvalue weighted by atomic mass is 15.3. The van der Waals surface area contributed by atoms with Crippen molar-refractivity contribution in [3.05, 3.63) is 41.7 Å². The molecule has 2 heterocycles. The third-order valence-corrected chi connectivity index (χ3v) is 3.46. The Morgan fingerprint density at radius 1 is 1.29 bits per heavy atom. The summed E-state index contributed by atoms with van der Waals surface area (Å²) in [5.74, 6) is 1.00. The van der Waals surface area contributed by atoms with Crippen molar-refractivity contribution < 1.29 is 0 Å². The number of pyridine rings is 1. The van der Waals surface area contributed by atoms with Gasteiger partial charge in [-0.1, -0.05) is 6.92 Å². The summed E-state index contributed by atoms with van der Waals surface area (Å²) in [7, 11) is 0. The molecule has 21 heavy (non-hydrogen) atoms. The first-order valence-electron chi connectivity index (χ1n) is 7.66. The zero-order valence-corrected chi connectivity index (χ0v) is 13.4. The highest BCUT2D eigenvalue weighted by molar-refractivity contribution is 5.18. The molecule has 2 aromatic heterocycles. The lowest BCUT2D eigenvalue weighted by molar-refractivity contribution is 0.458. The van der Waals surface area contributed by atoms with Crippen molar-refractivity contribution >= 4 is 0 Å². The number of aryl methyl sites for hydroxylation is 1. The molecule has 5 nitrogen and oxygen atoms in total. The van der Waals surface area contributed by atoms with Gasteiger partial charge in [-0.3, -0.25) is 4.98 Å². The van der Waals surface area contributed by atoms with E-state index >= 15 is 0 Å². The fourth-order valence-electron chi connectivity index (χ4n) is 2.38. The van der Waals surface area contributed by atoms with Gasteiger partial charge >= 0.3 is 0 Å². The summed E-state index contributed by atoms with van der Waals surface area (Å²) in [6.07, 6.45) is 5.40. The first-order chi connectivity index (χ1) is 10.1. The second-order valence-corrected chi connectivity index (χ2v) is 5.68. The molecule has 5 heteroatoms. The maximum absolute atomic E-state index is 4.53. The van der Waals surface area contributed by atoms with Crippen molar-refractivity contribution in [1.29, 1.82) is 0 Å². The zero-order chi connectivity index (χ0) is 15.2. The normalized spacial score (nSPS) is 12.8. The summed E-state index contributed by atoms with van der Waals surface area (Å²) in [4.78, 5) is 8.95. The number of hydrogen-bond donors (Lipinski definition) is 1. The molecule has 0 saturated heterocycles. The Hall–Kier alpha value is -1.75. The van der Waals surface area contributed by atoms with Crippen LogP contribution in [-0.2, 0) is 6.42 Å². The predicted molar refractivity (Wildman–Crippen MR) is 84.1 cm³/mol. The van der Waals surface area contributed by atoms with E-state index in [1.165, 1.54) is 5.56 Å². The molecule has 0 aliphatic carbocycles. The molecule has 0 bridgehead atoms. The van der Waals surface area contributed by atoms with Crippen molar-refractivity contribution in [2.24, 2.45) is 0 Å². The van der Waals surface area contributed by atoms with Gasteiger partial charge in [-0.2, -0.15) is 5.10 Å². The Morgan fingerprint density at radius 2 is 2.10 bits per heavy atom. The standard InChI is InChI=1S/C16H25N5/c1-5-7-17-15(14-9-13(4)6-8-18-14)10-16-19-11-20-21(16)12(2)3/h6,8-9,11-12,15,17H,5,7,10H2,1-4H3. The second kappa shape index (κ2) is 7.31. The summed E-state index contributed by atoms with van der Waals surface area (Å²) < 4.78 is 1.98. The molecule has 0 saturated carbocycles. The van der Waals surface area contributed by atoms with Gasteiger partial charge in [-0.05, 0) is 51.4 Å². The van der Waals surface area contributed by atoms with Gasteiger partial charge < -0.3 is 5.32 Å². The second-order valence-electron chi connectivity index (χ2n) is 5.68. The highest BCUT2D eigenvalue weighted by Crippen LogP contribution is 2.18. The van der Waals surface area contributed by atoms with E-state index in [9.17, 15) is 0 Å². The molecular formula is C16H25N5. The molecule has 2 aromatic rings. The fraction of sp³-hybridized carbons (Fsp3) is 0.562. The van der Waals surface area contributed by atoms with Crippen molar-refractivity contribution in [3.63, 3.8) is 0 Å². The van der Waals surface area contributed by atoms with Crippen molar-refractivity contribution in [2.45, 2.75) is 52.6 Å². The Labute approximate surface area is 126 Å². The molecule has 0 aliphatic rings. The van der Waals surface area contributed by atoms with Gasteiger partial charge in [-0.15, -0.1) is 0 Å². The SMILES string of the molecule is CCCNC(Cc1ncnn1C(C)C)c1cc(C)ccn1. The Bertz CT molecular complexity index is 561. The predicted octanol–water partition coefficient (Wildman–Crippen LogP) is 2.85. The minimum absolute atomic E-state index is 0.173. The van der Waals surface area contributed by atoms with Crippen molar-refractivity contribution in [1.82, 2.24) is 25.1 Å². The summed E-state index contributed by atoms with van der Waals surface area (Å²) >= 11 is 0. The Balaban J connectivity index is 2.22. The number of nitrogens with zero attached hydrogens (tertiary/aromatic N) is 4. The fourth-order valence-corrected chi connectivity index (χ4v) is 2.38.